The van der Waals surface area contributed by atoms with Gasteiger partial charge in [0.1, 0.15) is 0 Å². The minimum atomic E-state index is -1.11. The van der Waals surface area contributed by atoms with Crippen molar-refractivity contribution < 1.29 is 14.7 Å². The minimum Gasteiger partial charge on any atom is -0.478 e. The molecule has 0 radical (unpaired) electrons. The van der Waals surface area contributed by atoms with Gasteiger partial charge in [-0.1, -0.05) is 11.6 Å². The molecule has 2 rings (SSSR count). The Morgan fingerprint density at radius 3 is 2.33 bits per heavy atom. The normalized spacial score (nSPS) is 10.1. The van der Waals surface area contributed by atoms with Gasteiger partial charge in [0.2, 0.25) is 0 Å². The monoisotopic (exact) mass is 281 g/mol. The Morgan fingerprint density at radius 2 is 1.72 bits per heavy atom. The van der Waals surface area contributed by atoms with Crippen molar-refractivity contribution in [3.8, 4) is 0 Å². The lowest BCUT2D eigenvalue weighted by molar-refractivity contribution is 0.0693. The number of benzene rings is 1. The number of carbonyl (C=O) groups excluding carboxylic acids is 1. The maximum Gasteiger partial charge on any atom is 0.337 e. The fraction of sp³-hybridized carbons (Fsp3) is 0. The maximum atomic E-state index is 11.9. The Bertz CT molecular complexity index is 592. The summed E-state index contributed by atoms with van der Waals surface area (Å²) in [5.74, 6) is -1.56. The van der Waals surface area contributed by atoms with Crippen LogP contribution in [-0.4, -0.2) is 17.0 Å². The first kappa shape index (κ1) is 12.6. The van der Waals surface area contributed by atoms with E-state index >= 15 is 0 Å². The Balaban J connectivity index is 2.19. The Kier molecular flexibility index (Phi) is 3.64. The van der Waals surface area contributed by atoms with E-state index in [1.807, 2.05) is 0 Å². The highest BCUT2D eigenvalue weighted by molar-refractivity contribution is 7.08. The smallest absolute Gasteiger partial charge is 0.337 e. The number of amides is 1. The number of anilines is 1. The lowest BCUT2D eigenvalue weighted by Crippen LogP contribution is -2.14. The van der Waals surface area contributed by atoms with E-state index in [0.29, 0.717) is 10.7 Å². The molecule has 4 nitrogen and oxygen atoms in total. The van der Waals surface area contributed by atoms with Gasteiger partial charge in [-0.05, 0) is 24.3 Å². The van der Waals surface area contributed by atoms with Crippen molar-refractivity contribution in [3.63, 3.8) is 0 Å². The molecule has 1 heterocycles. The van der Waals surface area contributed by atoms with Crippen molar-refractivity contribution in [1.29, 1.82) is 0 Å². The van der Waals surface area contributed by atoms with Gasteiger partial charge < -0.3 is 10.4 Å². The van der Waals surface area contributed by atoms with Crippen molar-refractivity contribution in [1.82, 2.24) is 0 Å². The number of halogens is 1. The topological polar surface area (TPSA) is 66.4 Å². The lowest BCUT2D eigenvalue weighted by Gasteiger charge is -2.04. The van der Waals surface area contributed by atoms with Gasteiger partial charge in [-0.15, -0.1) is 0 Å². The number of hydrogen-bond acceptors (Lipinski definition) is 3. The third-order valence-electron chi connectivity index (χ3n) is 2.24. The third kappa shape index (κ3) is 2.69. The highest BCUT2D eigenvalue weighted by Crippen LogP contribution is 2.18. The quantitative estimate of drug-likeness (QED) is 0.906. The number of carbonyl (C=O) groups is 2. The first-order chi connectivity index (χ1) is 8.58. The molecule has 0 aliphatic heterocycles. The molecule has 0 fully saturated rings. The van der Waals surface area contributed by atoms with Crippen LogP contribution in [0.25, 0.3) is 0 Å². The first-order valence-electron chi connectivity index (χ1n) is 4.94. The number of carboxylic acid groups (broad SMARTS) is 1. The van der Waals surface area contributed by atoms with Gasteiger partial charge in [0, 0.05) is 21.5 Å². The van der Waals surface area contributed by atoms with Crippen molar-refractivity contribution in [3.05, 3.63) is 51.2 Å². The summed E-state index contributed by atoms with van der Waals surface area (Å²) < 4.78 is 0. The number of rotatable bonds is 3. The molecule has 0 saturated heterocycles. The molecule has 2 N–H and O–H groups in total. The van der Waals surface area contributed by atoms with Gasteiger partial charge in [-0.25, -0.2) is 4.79 Å². The van der Waals surface area contributed by atoms with Crippen LogP contribution in [0.15, 0.2) is 35.0 Å². The molecule has 1 amide bonds. The van der Waals surface area contributed by atoms with Crippen LogP contribution in [0.2, 0.25) is 5.02 Å². The van der Waals surface area contributed by atoms with Crippen LogP contribution in [0, 0.1) is 0 Å². The van der Waals surface area contributed by atoms with Crippen LogP contribution in [0.1, 0.15) is 20.7 Å². The average Bonchev–Trinajstić information content (AvgIpc) is 2.81. The van der Waals surface area contributed by atoms with Gasteiger partial charge in [0.15, 0.2) is 0 Å². The van der Waals surface area contributed by atoms with E-state index in [0.717, 1.165) is 0 Å². The lowest BCUT2D eigenvalue weighted by atomic mass is 10.2. The second-order valence-corrected chi connectivity index (χ2v) is 4.65. The second-order valence-electron chi connectivity index (χ2n) is 3.47. The van der Waals surface area contributed by atoms with Crippen LogP contribution in [-0.2, 0) is 0 Å². The van der Waals surface area contributed by atoms with E-state index in [-0.39, 0.29) is 11.1 Å². The zero-order chi connectivity index (χ0) is 13.1. The minimum absolute atomic E-state index is 0.00598. The van der Waals surface area contributed by atoms with E-state index in [4.69, 9.17) is 16.7 Å². The van der Waals surface area contributed by atoms with Crippen molar-refractivity contribution in [2.75, 3.05) is 5.32 Å². The molecule has 1 aromatic heterocycles. The molecule has 0 aliphatic carbocycles. The number of carboxylic acids is 1. The van der Waals surface area contributed by atoms with Crippen molar-refractivity contribution >= 4 is 40.5 Å². The first-order valence-corrected chi connectivity index (χ1v) is 6.26. The maximum absolute atomic E-state index is 11.9. The van der Waals surface area contributed by atoms with Crippen LogP contribution >= 0.6 is 22.9 Å². The fourth-order valence-electron chi connectivity index (χ4n) is 1.37. The van der Waals surface area contributed by atoms with Gasteiger partial charge in [-0.3, -0.25) is 4.79 Å². The fourth-order valence-corrected chi connectivity index (χ4v) is 2.30. The summed E-state index contributed by atoms with van der Waals surface area (Å²) in [6.07, 6.45) is 0. The van der Waals surface area contributed by atoms with E-state index in [1.165, 1.54) is 22.1 Å². The molecular weight excluding hydrogens is 274 g/mol. The van der Waals surface area contributed by atoms with E-state index < -0.39 is 11.9 Å². The molecule has 0 unspecified atom stereocenters. The van der Waals surface area contributed by atoms with E-state index in [1.54, 1.807) is 24.3 Å². The summed E-state index contributed by atoms with van der Waals surface area (Å²) in [5, 5.41) is 15.0. The number of thiophene rings is 1. The summed E-state index contributed by atoms with van der Waals surface area (Å²) >= 11 is 6.90. The predicted molar refractivity (Wildman–Crippen MR) is 70.7 cm³/mol. The van der Waals surface area contributed by atoms with E-state index in [9.17, 15) is 9.59 Å². The number of nitrogens with one attached hydrogen (secondary N) is 1. The van der Waals surface area contributed by atoms with Crippen LogP contribution in [0.4, 0.5) is 5.69 Å². The van der Waals surface area contributed by atoms with Crippen LogP contribution in [0.3, 0.4) is 0 Å². The van der Waals surface area contributed by atoms with Gasteiger partial charge in [0.25, 0.3) is 5.91 Å². The molecule has 2 aromatic rings. The molecule has 0 atom stereocenters. The van der Waals surface area contributed by atoms with Crippen molar-refractivity contribution in [2.24, 2.45) is 0 Å². The van der Waals surface area contributed by atoms with Gasteiger partial charge in [-0.2, -0.15) is 11.3 Å². The second kappa shape index (κ2) is 5.20. The molecule has 0 aliphatic rings. The number of hydrogen-bond donors (Lipinski definition) is 2. The molecule has 1 aromatic carbocycles. The summed E-state index contributed by atoms with van der Waals surface area (Å²) in [6.45, 7) is 0. The highest BCUT2D eigenvalue weighted by Gasteiger charge is 2.17. The summed E-state index contributed by atoms with van der Waals surface area (Å²) in [4.78, 5) is 22.8. The molecule has 0 saturated carbocycles. The molecule has 0 spiro atoms. The Labute approximate surface area is 112 Å². The molecule has 92 valence electrons. The standard InChI is InChI=1S/C12H8ClNO3S/c13-7-1-3-8(4-2-7)14-11(15)9-5-18-6-10(9)12(16)17/h1-6H,(H,14,15)(H,16,17). The van der Waals surface area contributed by atoms with Crippen LogP contribution < -0.4 is 5.32 Å². The van der Waals surface area contributed by atoms with Gasteiger partial charge >= 0.3 is 5.97 Å². The average molecular weight is 282 g/mol. The predicted octanol–water partition coefficient (Wildman–Crippen LogP) is 3.35. The largest absolute Gasteiger partial charge is 0.478 e. The molecule has 0 bridgehead atoms. The molecule has 18 heavy (non-hydrogen) atoms. The summed E-state index contributed by atoms with van der Waals surface area (Å²) in [7, 11) is 0. The Morgan fingerprint density at radius 1 is 1.11 bits per heavy atom. The molecular formula is C12H8ClNO3S. The molecule has 6 heteroatoms. The third-order valence-corrected chi connectivity index (χ3v) is 3.23. The van der Waals surface area contributed by atoms with Crippen molar-refractivity contribution in [2.45, 2.75) is 0 Å². The Hall–Kier alpha value is -1.85. The zero-order valence-electron chi connectivity index (χ0n) is 9.01. The highest BCUT2D eigenvalue weighted by atomic mass is 35.5. The van der Waals surface area contributed by atoms with Crippen LogP contribution in [0.5, 0.6) is 0 Å². The number of aromatic carboxylic acids is 1. The zero-order valence-corrected chi connectivity index (χ0v) is 10.6. The van der Waals surface area contributed by atoms with Gasteiger partial charge in [0.05, 0.1) is 11.1 Å². The summed E-state index contributed by atoms with van der Waals surface area (Å²) in [5.41, 5.74) is 0.723. The summed E-state index contributed by atoms with van der Waals surface area (Å²) in [6, 6.07) is 6.58. The van der Waals surface area contributed by atoms with E-state index in [2.05, 4.69) is 5.32 Å². The SMILES string of the molecule is O=C(O)c1cscc1C(=O)Nc1ccc(Cl)cc1.